The molecule has 0 bridgehead atoms. The largest absolute Gasteiger partial charge is 0.481 e. The lowest BCUT2D eigenvalue weighted by Gasteiger charge is -2.24. The second kappa shape index (κ2) is 10.6. The number of ether oxygens (including phenoxy) is 2. The van der Waals surface area contributed by atoms with E-state index in [0.717, 1.165) is 24.1 Å². The molecule has 158 valence electrons. The number of methoxy groups -OCH3 is 1. The molecule has 0 unspecified atom stereocenters. The number of anilines is 1. The molecule has 4 N–H and O–H groups in total. The number of rotatable bonds is 9. The van der Waals surface area contributed by atoms with Gasteiger partial charge in [0.05, 0.1) is 12.8 Å². The Balaban J connectivity index is 1.91. The minimum atomic E-state index is -0.536. The monoisotopic (exact) mass is 401 g/mol. The van der Waals surface area contributed by atoms with E-state index in [4.69, 9.17) is 15.2 Å². The maximum Gasteiger partial charge on any atom is 0.407 e. The summed E-state index contributed by atoms with van der Waals surface area (Å²) in [7, 11) is 1.54. The van der Waals surface area contributed by atoms with Crippen LogP contribution in [0.5, 0.6) is 5.88 Å². The molecule has 0 aliphatic carbocycles. The number of carbonyl (C=O) groups is 1. The molecule has 0 fully saturated rings. The fraction of sp³-hybridized carbons (Fsp3) is 0.476. The molecule has 1 aromatic heterocycles. The van der Waals surface area contributed by atoms with Gasteiger partial charge in [-0.3, -0.25) is 0 Å². The van der Waals surface area contributed by atoms with Crippen molar-refractivity contribution in [2.24, 2.45) is 0 Å². The molecule has 1 heterocycles. The second-order valence-electron chi connectivity index (χ2n) is 7.76. The third-order valence-electron chi connectivity index (χ3n) is 4.00. The first-order valence-electron chi connectivity index (χ1n) is 9.67. The molecule has 0 saturated carbocycles. The SMILES string of the molecule is COc1cc(CNCC[C@H](Cc2ccccc2)NC(=O)OC(C)(C)C)nc(N)n1. The van der Waals surface area contributed by atoms with Gasteiger partial charge in [-0.25, -0.2) is 9.78 Å². The fourth-order valence-corrected chi connectivity index (χ4v) is 2.78. The zero-order valence-electron chi connectivity index (χ0n) is 17.6. The molecule has 1 atom stereocenters. The molecule has 2 aromatic rings. The first-order chi connectivity index (χ1) is 13.7. The lowest BCUT2D eigenvalue weighted by atomic mass is 10.0. The Kier molecular flexibility index (Phi) is 8.21. The van der Waals surface area contributed by atoms with Crippen LogP contribution in [0.25, 0.3) is 0 Å². The van der Waals surface area contributed by atoms with Crippen molar-refractivity contribution in [2.75, 3.05) is 19.4 Å². The number of nitrogens with zero attached hydrogens (tertiary/aromatic N) is 2. The summed E-state index contributed by atoms with van der Waals surface area (Å²) < 4.78 is 10.5. The highest BCUT2D eigenvalue weighted by molar-refractivity contribution is 5.68. The van der Waals surface area contributed by atoms with E-state index in [1.807, 2.05) is 51.1 Å². The predicted octanol–water partition coefficient (Wildman–Crippen LogP) is 2.68. The molecule has 8 nitrogen and oxygen atoms in total. The second-order valence-corrected chi connectivity index (χ2v) is 7.76. The summed E-state index contributed by atoms with van der Waals surface area (Å²) in [5, 5.41) is 6.31. The molecule has 0 radical (unpaired) electrons. The Morgan fingerprint density at radius 3 is 2.59 bits per heavy atom. The topological polar surface area (TPSA) is 111 Å². The lowest BCUT2D eigenvalue weighted by Crippen LogP contribution is -2.41. The number of nitrogen functional groups attached to an aromatic ring is 1. The number of amides is 1. The summed E-state index contributed by atoms with van der Waals surface area (Å²) in [6.07, 6.45) is 1.04. The van der Waals surface area contributed by atoms with Crippen molar-refractivity contribution in [1.29, 1.82) is 0 Å². The van der Waals surface area contributed by atoms with Gasteiger partial charge in [-0.1, -0.05) is 30.3 Å². The number of nitrogens with two attached hydrogens (primary N) is 1. The maximum absolute atomic E-state index is 12.2. The number of hydrogen-bond acceptors (Lipinski definition) is 7. The van der Waals surface area contributed by atoms with Crippen LogP contribution >= 0.6 is 0 Å². The summed E-state index contributed by atoms with van der Waals surface area (Å²) in [5.74, 6) is 0.609. The maximum atomic E-state index is 12.2. The molecule has 0 spiro atoms. The van der Waals surface area contributed by atoms with E-state index >= 15 is 0 Å². The molecule has 1 amide bonds. The van der Waals surface area contributed by atoms with Crippen molar-refractivity contribution in [3.05, 3.63) is 47.7 Å². The normalized spacial score (nSPS) is 12.3. The van der Waals surface area contributed by atoms with Gasteiger partial charge >= 0.3 is 6.09 Å². The quantitative estimate of drug-likeness (QED) is 0.554. The van der Waals surface area contributed by atoms with E-state index in [9.17, 15) is 4.79 Å². The highest BCUT2D eigenvalue weighted by Crippen LogP contribution is 2.11. The van der Waals surface area contributed by atoms with Crippen molar-refractivity contribution in [3.8, 4) is 5.88 Å². The number of benzene rings is 1. The zero-order valence-corrected chi connectivity index (χ0v) is 17.6. The first-order valence-corrected chi connectivity index (χ1v) is 9.67. The molecule has 0 aliphatic rings. The van der Waals surface area contributed by atoms with Gasteiger partial charge < -0.3 is 25.8 Å². The molecule has 0 aliphatic heterocycles. The Bertz CT molecular complexity index is 778. The smallest absolute Gasteiger partial charge is 0.407 e. The Hall–Kier alpha value is -2.87. The van der Waals surface area contributed by atoms with Gasteiger partial charge in [0.1, 0.15) is 5.60 Å². The summed E-state index contributed by atoms with van der Waals surface area (Å²) in [4.78, 5) is 20.4. The van der Waals surface area contributed by atoms with Gasteiger partial charge in [0, 0.05) is 18.7 Å². The molecule has 8 heteroatoms. The van der Waals surface area contributed by atoms with Gasteiger partial charge in [0.15, 0.2) is 0 Å². The summed E-state index contributed by atoms with van der Waals surface area (Å²) in [6, 6.07) is 11.7. The summed E-state index contributed by atoms with van der Waals surface area (Å²) in [5.41, 5.74) is 7.05. The number of hydrogen-bond donors (Lipinski definition) is 3. The lowest BCUT2D eigenvalue weighted by molar-refractivity contribution is 0.0502. The van der Waals surface area contributed by atoms with Crippen LogP contribution in [-0.2, 0) is 17.7 Å². The van der Waals surface area contributed by atoms with Gasteiger partial charge in [0.2, 0.25) is 11.8 Å². The molecule has 2 rings (SSSR count). The van der Waals surface area contributed by atoms with Crippen LogP contribution in [-0.4, -0.2) is 41.4 Å². The highest BCUT2D eigenvalue weighted by atomic mass is 16.6. The average Bonchev–Trinajstić information content (AvgIpc) is 2.64. The Labute approximate surface area is 172 Å². The summed E-state index contributed by atoms with van der Waals surface area (Å²) >= 11 is 0. The summed E-state index contributed by atoms with van der Waals surface area (Å²) in [6.45, 7) is 6.75. The third-order valence-corrected chi connectivity index (χ3v) is 4.00. The predicted molar refractivity (Wildman–Crippen MR) is 113 cm³/mol. The van der Waals surface area contributed by atoms with E-state index < -0.39 is 11.7 Å². The Morgan fingerprint density at radius 2 is 1.93 bits per heavy atom. The molecule has 0 saturated heterocycles. The van der Waals surface area contributed by atoms with Crippen molar-refractivity contribution >= 4 is 12.0 Å². The van der Waals surface area contributed by atoms with Crippen LogP contribution in [0.3, 0.4) is 0 Å². The van der Waals surface area contributed by atoms with Crippen molar-refractivity contribution in [3.63, 3.8) is 0 Å². The van der Waals surface area contributed by atoms with Crippen LogP contribution in [0.4, 0.5) is 10.7 Å². The average molecular weight is 402 g/mol. The van der Waals surface area contributed by atoms with Crippen LogP contribution in [0.15, 0.2) is 36.4 Å². The highest BCUT2D eigenvalue weighted by Gasteiger charge is 2.19. The third kappa shape index (κ3) is 8.78. The molecule has 1 aromatic carbocycles. The fourth-order valence-electron chi connectivity index (χ4n) is 2.78. The Morgan fingerprint density at radius 1 is 1.21 bits per heavy atom. The van der Waals surface area contributed by atoms with Crippen LogP contribution in [0.2, 0.25) is 0 Å². The van der Waals surface area contributed by atoms with Gasteiger partial charge in [-0.15, -0.1) is 0 Å². The van der Waals surface area contributed by atoms with E-state index in [-0.39, 0.29) is 12.0 Å². The minimum Gasteiger partial charge on any atom is -0.481 e. The van der Waals surface area contributed by atoms with Gasteiger partial charge in [0.25, 0.3) is 0 Å². The molecular formula is C21H31N5O3. The molecule has 29 heavy (non-hydrogen) atoms. The van der Waals surface area contributed by atoms with Crippen LogP contribution < -0.4 is 21.1 Å². The number of alkyl carbamates (subject to hydrolysis) is 1. The molecular weight excluding hydrogens is 370 g/mol. The number of nitrogens with one attached hydrogen (secondary N) is 2. The number of carbonyl (C=O) groups excluding carboxylic acids is 1. The van der Waals surface area contributed by atoms with Crippen LogP contribution in [0.1, 0.15) is 38.4 Å². The van der Waals surface area contributed by atoms with Crippen LogP contribution in [0, 0.1) is 0 Å². The van der Waals surface area contributed by atoms with Crippen molar-refractivity contribution < 1.29 is 14.3 Å². The van der Waals surface area contributed by atoms with Gasteiger partial charge in [-0.2, -0.15) is 4.98 Å². The van der Waals surface area contributed by atoms with E-state index in [0.29, 0.717) is 19.0 Å². The zero-order chi connectivity index (χ0) is 21.3. The van der Waals surface area contributed by atoms with Crippen molar-refractivity contribution in [1.82, 2.24) is 20.6 Å². The van der Waals surface area contributed by atoms with E-state index in [1.54, 1.807) is 6.07 Å². The van der Waals surface area contributed by atoms with E-state index in [1.165, 1.54) is 7.11 Å². The standard InChI is InChI=1S/C21H31N5O3/c1-21(2,3)29-20(27)25-16(12-15-8-6-5-7-9-15)10-11-23-14-17-13-18(28-4)26-19(22)24-17/h5-9,13,16,23H,10-12,14H2,1-4H3,(H,25,27)(H2,22,24,26)/t16-/m1/s1. The first kappa shape index (κ1) is 22.4. The minimum absolute atomic E-state index is 0.0650. The van der Waals surface area contributed by atoms with Gasteiger partial charge in [-0.05, 0) is 45.7 Å². The van der Waals surface area contributed by atoms with E-state index in [2.05, 4.69) is 20.6 Å². The number of aromatic nitrogens is 2. The van der Waals surface area contributed by atoms with Crippen molar-refractivity contribution in [2.45, 2.75) is 51.8 Å².